The number of amides is 1. The van der Waals surface area contributed by atoms with Crippen molar-refractivity contribution in [3.63, 3.8) is 0 Å². The highest BCUT2D eigenvalue weighted by Crippen LogP contribution is 2.29. The molecule has 3 rings (SSSR count). The molecule has 2 N–H and O–H groups in total. The summed E-state index contributed by atoms with van der Waals surface area (Å²) in [6.45, 7) is 3.48. The summed E-state index contributed by atoms with van der Waals surface area (Å²) in [7, 11) is -0.725. The number of sulfonamides is 1. The Kier molecular flexibility index (Phi) is 7.44. The van der Waals surface area contributed by atoms with Crippen LogP contribution >= 0.6 is 0 Å². The van der Waals surface area contributed by atoms with E-state index in [1.54, 1.807) is 24.3 Å². The molecule has 0 aliphatic heterocycles. The Balaban J connectivity index is 1.60. The van der Waals surface area contributed by atoms with E-state index >= 15 is 0 Å². The molecule has 0 saturated carbocycles. The molecule has 8 nitrogen and oxygen atoms in total. The molecule has 0 radical (unpaired) electrons. The Morgan fingerprint density at radius 3 is 2.24 bits per heavy atom. The molecule has 9 heteroatoms. The second-order valence-electron chi connectivity index (χ2n) is 7.30. The molecule has 174 valence electrons. The molecular weight excluding hydrogens is 444 g/mol. The number of ether oxygens (including phenoxy) is 3. The van der Waals surface area contributed by atoms with Crippen LogP contribution in [-0.2, 0) is 14.8 Å². The smallest absolute Gasteiger partial charge is 0.262 e. The van der Waals surface area contributed by atoms with E-state index in [0.717, 1.165) is 11.1 Å². The minimum Gasteiger partial charge on any atom is -0.493 e. The molecule has 0 saturated heterocycles. The van der Waals surface area contributed by atoms with E-state index in [0.29, 0.717) is 28.6 Å². The van der Waals surface area contributed by atoms with Gasteiger partial charge in [0, 0.05) is 11.8 Å². The van der Waals surface area contributed by atoms with Gasteiger partial charge in [0.25, 0.3) is 15.9 Å². The number of nitrogens with one attached hydrogen (secondary N) is 2. The maximum atomic E-state index is 12.7. The number of anilines is 2. The van der Waals surface area contributed by atoms with Crippen LogP contribution in [0.15, 0.2) is 65.6 Å². The van der Waals surface area contributed by atoms with E-state index in [1.807, 2.05) is 26.0 Å². The van der Waals surface area contributed by atoms with E-state index in [9.17, 15) is 13.2 Å². The minimum atomic E-state index is -3.76. The van der Waals surface area contributed by atoms with Gasteiger partial charge in [0.15, 0.2) is 18.1 Å². The van der Waals surface area contributed by atoms with Crippen molar-refractivity contribution in [2.24, 2.45) is 0 Å². The lowest BCUT2D eigenvalue weighted by atomic mass is 10.1. The van der Waals surface area contributed by atoms with Crippen molar-refractivity contribution in [1.29, 1.82) is 0 Å². The van der Waals surface area contributed by atoms with Crippen LogP contribution in [0.3, 0.4) is 0 Å². The molecule has 33 heavy (non-hydrogen) atoms. The first kappa shape index (κ1) is 23.9. The molecule has 0 fully saturated rings. The maximum absolute atomic E-state index is 12.7. The van der Waals surface area contributed by atoms with Crippen molar-refractivity contribution in [2.45, 2.75) is 18.7 Å². The number of benzene rings is 3. The van der Waals surface area contributed by atoms with Crippen LogP contribution < -0.4 is 24.2 Å². The van der Waals surface area contributed by atoms with E-state index in [4.69, 9.17) is 14.2 Å². The fraction of sp³-hybridized carbons (Fsp3) is 0.208. The first-order valence-electron chi connectivity index (χ1n) is 10.1. The SMILES string of the molecule is COc1ccc(NC(=O)COc2ccc(S(=O)(=O)Nc3cc(C)ccc3C)cc2)cc1OC. The summed E-state index contributed by atoms with van der Waals surface area (Å²) in [5.74, 6) is 1.02. The molecule has 3 aromatic carbocycles. The zero-order chi connectivity index (χ0) is 24.0. The van der Waals surface area contributed by atoms with E-state index in [-0.39, 0.29) is 17.4 Å². The van der Waals surface area contributed by atoms with Gasteiger partial charge in [-0.05, 0) is 67.4 Å². The van der Waals surface area contributed by atoms with E-state index in [2.05, 4.69) is 10.0 Å². The van der Waals surface area contributed by atoms with Crippen molar-refractivity contribution in [2.75, 3.05) is 30.9 Å². The Morgan fingerprint density at radius 2 is 1.58 bits per heavy atom. The van der Waals surface area contributed by atoms with Gasteiger partial charge in [0.05, 0.1) is 24.8 Å². The maximum Gasteiger partial charge on any atom is 0.262 e. The van der Waals surface area contributed by atoms with Crippen LogP contribution in [0.25, 0.3) is 0 Å². The molecule has 0 heterocycles. The average molecular weight is 471 g/mol. The van der Waals surface area contributed by atoms with Crippen LogP contribution in [0, 0.1) is 13.8 Å². The van der Waals surface area contributed by atoms with Gasteiger partial charge in [-0.3, -0.25) is 9.52 Å². The zero-order valence-corrected chi connectivity index (χ0v) is 19.7. The van der Waals surface area contributed by atoms with Crippen molar-refractivity contribution in [1.82, 2.24) is 0 Å². The van der Waals surface area contributed by atoms with Gasteiger partial charge in [-0.2, -0.15) is 0 Å². The number of carbonyl (C=O) groups excluding carboxylic acids is 1. The van der Waals surface area contributed by atoms with Crippen molar-refractivity contribution in [3.8, 4) is 17.2 Å². The predicted molar refractivity (Wildman–Crippen MR) is 127 cm³/mol. The molecular formula is C24H26N2O6S. The van der Waals surface area contributed by atoms with Gasteiger partial charge in [-0.15, -0.1) is 0 Å². The summed E-state index contributed by atoms with van der Waals surface area (Å²) in [6, 6.07) is 16.4. The summed E-state index contributed by atoms with van der Waals surface area (Å²) in [5.41, 5.74) is 2.83. The lowest BCUT2D eigenvalue weighted by Crippen LogP contribution is -2.20. The van der Waals surface area contributed by atoms with Gasteiger partial charge in [-0.1, -0.05) is 12.1 Å². The topological polar surface area (TPSA) is 103 Å². The average Bonchev–Trinajstić information content (AvgIpc) is 2.80. The van der Waals surface area contributed by atoms with Crippen molar-refractivity contribution >= 4 is 27.3 Å². The van der Waals surface area contributed by atoms with Gasteiger partial charge < -0.3 is 19.5 Å². The fourth-order valence-corrected chi connectivity index (χ4v) is 4.15. The highest BCUT2D eigenvalue weighted by molar-refractivity contribution is 7.92. The third kappa shape index (κ3) is 6.17. The lowest BCUT2D eigenvalue weighted by molar-refractivity contribution is -0.118. The number of carbonyl (C=O) groups is 1. The molecule has 0 aromatic heterocycles. The molecule has 0 spiro atoms. The Morgan fingerprint density at radius 1 is 0.879 bits per heavy atom. The van der Waals surface area contributed by atoms with E-state index < -0.39 is 10.0 Å². The van der Waals surface area contributed by atoms with Crippen LogP contribution in [0.4, 0.5) is 11.4 Å². The normalized spacial score (nSPS) is 10.9. The minimum absolute atomic E-state index is 0.0885. The van der Waals surface area contributed by atoms with Gasteiger partial charge in [0.2, 0.25) is 0 Å². The molecule has 1 amide bonds. The largest absolute Gasteiger partial charge is 0.493 e. The fourth-order valence-electron chi connectivity index (χ4n) is 3.02. The molecule has 0 aliphatic carbocycles. The Bertz CT molecular complexity index is 1240. The predicted octanol–water partition coefficient (Wildman–Crippen LogP) is 4.14. The van der Waals surface area contributed by atoms with Crippen LogP contribution in [-0.4, -0.2) is 35.2 Å². The Hall–Kier alpha value is -3.72. The first-order chi connectivity index (χ1) is 15.7. The quantitative estimate of drug-likeness (QED) is 0.487. The van der Waals surface area contributed by atoms with Gasteiger partial charge >= 0.3 is 0 Å². The number of rotatable bonds is 9. The third-order valence-corrected chi connectivity index (χ3v) is 6.19. The van der Waals surface area contributed by atoms with E-state index in [1.165, 1.54) is 38.5 Å². The monoisotopic (exact) mass is 470 g/mol. The highest BCUT2D eigenvalue weighted by atomic mass is 32.2. The van der Waals surface area contributed by atoms with Crippen LogP contribution in [0.5, 0.6) is 17.2 Å². The molecule has 0 bridgehead atoms. The summed E-state index contributed by atoms with van der Waals surface area (Å²) < 4.78 is 43.9. The van der Waals surface area contributed by atoms with Crippen LogP contribution in [0.1, 0.15) is 11.1 Å². The van der Waals surface area contributed by atoms with Gasteiger partial charge in [0.1, 0.15) is 5.75 Å². The number of aryl methyl sites for hydroxylation is 2. The highest BCUT2D eigenvalue weighted by Gasteiger charge is 2.16. The number of methoxy groups -OCH3 is 2. The van der Waals surface area contributed by atoms with Crippen molar-refractivity contribution in [3.05, 3.63) is 71.8 Å². The standard InChI is InChI=1S/C24H26N2O6S/c1-16-5-6-17(2)21(13-16)26-33(28,29)20-10-8-19(9-11-20)32-15-24(27)25-18-7-12-22(30-3)23(14-18)31-4/h5-14,26H,15H2,1-4H3,(H,25,27). The number of hydrogen-bond donors (Lipinski definition) is 2. The second-order valence-corrected chi connectivity index (χ2v) is 8.98. The first-order valence-corrected chi connectivity index (χ1v) is 11.5. The molecule has 0 unspecified atom stereocenters. The summed E-state index contributed by atoms with van der Waals surface area (Å²) in [6.07, 6.45) is 0. The lowest BCUT2D eigenvalue weighted by Gasteiger charge is -2.12. The summed E-state index contributed by atoms with van der Waals surface area (Å²) >= 11 is 0. The summed E-state index contributed by atoms with van der Waals surface area (Å²) in [5, 5.41) is 2.71. The molecule has 3 aromatic rings. The van der Waals surface area contributed by atoms with Crippen molar-refractivity contribution < 1.29 is 27.4 Å². The molecule has 0 atom stereocenters. The zero-order valence-electron chi connectivity index (χ0n) is 18.8. The number of hydrogen-bond acceptors (Lipinski definition) is 6. The molecule has 0 aliphatic rings. The van der Waals surface area contributed by atoms with Gasteiger partial charge in [-0.25, -0.2) is 8.42 Å². The summed E-state index contributed by atoms with van der Waals surface area (Å²) in [4.78, 5) is 12.3. The third-order valence-electron chi connectivity index (χ3n) is 4.81. The Labute approximate surface area is 193 Å². The van der Waals surface area contributed by atoms with Crippen LogP contribution in [0.2, 0.25) is 0 Å². The second kappa shape index (κ2) is 10.3.